The molecule has 0 aromatic rings. The first-order chi connectivity index (χ1) is 6.84. The highest BCUT2D eigenvalue weighted by Gasteiger charge is 2.14. The molecule has 0 aromatic carbocycles. The minimum atomic E-state index is -0.277. The number of nitrogens with two attached hydrogens (primary N) is 1. The Kier molecular flexibility index (Phi) is 6.32. The topological polar surface area (TPSA) is 55.6 Å². The Bertz CT molecular complexity index is 193. The summed E-state index contributed by atoms with van der Waals surface area (Å²) in [4.78, 5) is 13.0. The van der Waals surface area contributed by atoms with Gasteiger partial charge in [-0.2, -0.15) is 0 Å². The van der Waals surface area contributed by atoms with Gasteiger partial charge in [0, 0.05) is 19.6 Å². The molecule has 0 bridgehead atoms. The highest BCUT2D eigenvalue weighted by Crippen LogP contribution is 2.04. The van der Waals surface area contributed by atoms with Crippen LogP contribution in [-0.4, -0.2) is 36.7 Å². The average Bonchev–Trinajstić information content (AvgIpc) is 2.12. The number of amides is 1. The van der Waals surface area contributed by atoms with E-state index < -0.39 is 0 Å². The quantitative estimate of drug-likeness (QED) is 0.763. The Balaban J connectivity index is 3.83. The average molecular weight is 216 g/mol. The van der Waals surface area contributed by atoms with Crippen LogP contribution in [0.2, 0.25) is 0 Å². The van der Waals surface area contributed by atoms with Crippen LogP contribution in [0.4, 0.5) is 4.79 Å². The molecule has 0 aliphatic rings. The van der Waals surface area contributed by atoms with E-state index in [9.17, 15) is 4.79 Å². The summed E-state index contributed by atoms with van der Waals surface area (Å²) in [6, 6.07) is 0.138. The van der Waals surface area contributed by atoms with Gasteiger partial charge in [0.2, 0.25) is 0 Å². The van der Waals surface area contributed by atoms with E-state index in [0.29, 0.717) is 12.5 Å². The van der Waals surface area contributed by atoms with Gasteiger partial charge in [0.25, 0.3) is 0 Å². The van der Waals surface area contributed by atoms with E-state index in [-0.39, 0.29) is 18.2 Å². The molecule has 4 nitrogen and oxygen atoms in total. The fourth-order valence-electron chi connectivity index (χ4n) is 1.06. The van der Waals surface area contributed by atoms with Crippen LogP contribution in [0.15, 0.2) is 0 Å². The van der Waals surface area contributed by atoms with E-state index >= 15 is 0 Å². The van der Waals surface area contributed by atoms with Crippen molar-refractivity contribution in [3.05, 3.63) is 0 Å². The Hall–Kier alpha value is -0.770. The molecular weight excluding hydrogens is 192 g/mol. The molecule has 0 radical (unpaired) electrons. The number of rotatable bonds is 5. The van der Waals surface area contributed by atoms with Crippen LogP contribution in [0.25, 0.3) is 0 Å². The smallest absolute Gasteiger partial charge is 0.409 e. The standard InChI is InChI=1S/C11H24N2O2/c1-8(2)10(12)6-7-13(5)11(14)15-9(3)4/h8-10H,6-7,12H2,1-5H3. The lowest BCUT2D eigenvalue weighted by Crippen LogP contribution is -2.35. The summed E-state index contributed by atoms with van der Waals surface area (Å²) in [5.41, 5.74) is 5.89. The first-order valence-electron chi connectivity index (χ1n) is 5.52. The van der Waals surface area contributed by atoms with Gasteiger partial charge in [0.1, 0.15) is 0 Å². The Labute approximate surface area is 92.8 Å². The third-order valence-electron chi connectivity index (χ3n) is 2.30. The van der Waals surface area contributed by atoms with Crippen molar-refractivity contribution in [1.82, 2.24) is 4.90 Å². The highest BCUT2D eigenvalue weighted by molar-refractivity contribution is 5.67. The summed E-state index contributed by atoms with van der Waals surface area (Å²) in [6.45, 7) is 8.48. The van der Waals surface area contributed by atoms with Crippen molar-refractivity contribution in [2.45, 2.75) is 46.3 Å². The lowest BCUT2D eigenvalue weighted by molar-refractivity contribution is 0.0829. The fourth-order valence-corrected chi connectivity index (χ4v) is 1.06. The molecule has 0 saturated heterocycles. The highest BCUT2D eigenvalue weighted by atomic mass is 16.6. The fraction of sp³-hybridized carbons (Fsp3) is 0.909. The molecule has 1 atom stereocenters. The molecular formula is C11H24N2O2. The van der Waals surface area contributed by atoms with Crippen molar-refractivity contribution < 1.29 is 9.53 Å². The zero-order valence-electron chi connectivity index (χ0n) is 10.5. The van der Waals surface area contributed by atoms with Gasteiger partial charge >= 0.3 is 6.09 Å². The zero-order chi connectivity index (χ0) is 12.0. The molecule has 4 heteroatoms. The number of carbonyl (C=O) groups excluding carboxylic acids is 1. The van der Waals surface area contributed by atoms with Gasteiger partial charge in [-0.1, -0.05) is 13.8 Å². The van der Waals surface area contributed by atoms with Crippen molar-refractivity contribution in [1.29, 1.82) is 0 Å². The molecule has 0 fully saturated rings. The molecule has 0 aliphatic heterocycles. The SMILES string of the molecule is CC(C)OC(=O)N(C)CCC(N)C(C)C. The molecule has 0 spiro atoms. The van der Waals surface area contributed by atoms with Gasteiger partial charge < -0.3 is 15.4 Å². The summed E-state index contributed by atoms with van der Waals surface area (Å²) in [5, 5.41) is 0. The van der Waals surface area contributed by atoms with Crippen molar-refractivity contribution >= 4 is 6.09 Å². The number of hydrogen-bond acceptors (Lipinski definition) is 3. The van der Waals surface area contributed by atoms with Gasteiger partial charge in [0.15, 0.2) is 0 Å². The molecule has 15 heavy (non-hydrogen) atoms. The third-order valence-corrected chi connectivity index (χ3v) is 2.30. The van der Waals surface area contributed by atoms with Gasteiger partial charge in [0.05, 0.1) is 6.10 Å². The van der Waals surface area contributed by atoms with Crippen LogP contribution >= 0.6 is 0 Å². The Morgan fingerprint density at radius 3 is 2.27 bits per heavy atom. The molecule has 1 amide bonds. The maximum Gasteiger partial charge on any atom is 0.409 e. The number of nitrogens with zero attached hydrogens (tertiary/aromatic N) is 1. The van der Waals surface area contributed by atoms with Crippen LogP contribution < -0.4 is 5.73 Å². The van der Waals surface area contributed by atoms with Gasteiger partial charge in [-0.3, -0.25) is 0 Å². The normalized spacial score (nSPS) is 13.1. The maximum atomic E-state index is 11.4. The van der Waals surface area contributed by atoms with E-state index in [1.807, 2.05) is 13.8 Å². The molecule has 1 unspecified atom stereocenters. The largest absolute Gasteiger partial charge is 0.447 e. The van der Waals surface area contributed by atoms with Crippen LogP contribution in [0.1, 0.15) is 34.1 Å². The Morgan fingerprint density at radius 2 is 1.87 bits per heavy atom. The second-order valence-electron chi connectivity index (χ2n) is 4.55. The summed E-state index contributed by atoms with van der Waals surface area (Å²) in [7, 11) is 1.73. The van der Waals surface area contributed by atoms with Crippen molar-refractivity contribution in [3.8, 4) is 0 Å². The van der Waals surface area contributed by atoms with E-state index in [1.54, 1.807) is 11.9 Å². The van der Waals surface area contributed by atoms with E-state index in [2.05, 4.69) is 13.8 Å². The van der Waals surface area contributed by atoms with Gasteiger partial charge in [-0.15, -0.1) is 0 Å². The van der Waals surface area contributed by atoms with E-state index in [1.165, 1.54) is 0 Å². The predicted octanol–water partition coefficient (Wildman–Crippen LogP) is 1.84. The van der Waals surface area contributed by atoms with Crippen molar-refractivity contribution in [2.75, 3.05) is 13.6 Å². The summed E-state index contributed by atoms with van der Waals surface area (Å²) in [5.74, 6) is 0.444. The van der Waals surface area contributed by atoms with Gasteiger partial charge in [-0.25, -0.2) is 4.79 Å². The van der Waals surface area contributed by atoms with E-state index in [0.717, 1.165) is 6.42 Å². The predicted molar refractivity (Wildman–Crippen MR) is 61.7 cm³/mol. The molecule has 0 aliphatic carbocycles. The van der Waals surface area contributed by atoms with Crippen LogP contribution in [0.5, 0.6) is 0 Å². The van der Waals surface area contributed by atoms with Crippen LogP contribution in [0.3, 0.4) is 0 Å². The maximum absolute atomic E-state index is 11.4. The molecule has 0 saturated carbocycles. The summed E-state index contributed by atoms with van der Waals surface area (Å²) >= 11 is 0. The minimum Gasteiger partial charge on any atom is -0.447 e. The first kappa shape index (κ1) is 14.2. The number of carbonyl (C=O) groups is 1. The minimum absolute atomic E-state index is 0.0706. The summed E-state index contributed by atoms with van der Waals surface area (Å²) in [6.07, 6.45) is 0.459. The Morgan fingerprint density at radius 1 is 1.33 bits per heavy atom. The first-order valence-corrected chi connectivity index (χ1v) is 5.52. The van der Waals surface area contributed by atoms with Crippen molar-refractivity contribution in [3.63, 3.8) is 0 Å². The van der Waals surface area contributed by atoms with Crippen molar-refractivity contribution in [2.24, 2.45) is 11.7 Å². The van der Waals surface area contributed by atoms with Crippen LogP contribution in [0, 0.1) is 5.92 Å². The molecule has 0 rings (SSSR count). The molecule has 90 valence electrons. The zero-order valence-corrected chi connectivity index (χ0v) is 10.5. The number of hydrogen-bond donors (Lipinski definition) is 1. The molecule has 0 heterocycles. The lowest BCUT2D eigenvalue weighted by Gasteiger charge is -2.22. The second kappa shape index (κ2) is 6.67. The molecule has 2 N–H and O–H groups in total. The summed E-state index contributed by atoms with van der Waals surface area (Å²) < 4.78 is 5.05. The third kappa shape index (κ3) is 6.33. The van der Waals surface area contributed by atoms with Gasteiger partial charge in [-0.05, 0) is 26.2 Å². The number of ether oxygens (including phenoxy) is 1. The molecule has 0 aromatic heterocycles. The van der Waals surface area contributed by atoms with E-state index in [4.69, 9.17) is 10.5 Å². The second-order valence-corrected chi connectivity index (χ2v) is 4.55. The van der Waals surface area contributed by atoms with Crippen LogP contribution in [-0.2, 0) is 4.74 Å². The lowest BCUT2D eigenvalue weighted by atomic mass is 10.0. The monoisotopic (exact) mass is 216 g/mol.